The third-order valence-electron chi connectivity index (χ3n) is 2.53. The van der Waals surface area contributed by atoms with E-state index in [-0.39, 0.29) is 0 Å². The third kappa shape index (κ3) is 2.59. The molecule has 2 heteroatoms. The summed E-state index contributed by atoms with van der Waals surface area (Å²) in [5.41, 5.74) is 2.63. The summed E-state index contributed by atoms with van der Waals surface area (Å²) in [6.45, 7) is 4.29. The zero-order chi connectivity index (χ0) is 10.6. The summed E-state index contributed by atoms with van der Waals surface area (Å²) in [5, 5.41) is 8.53. The van der Waals surface area contributed by atoms with Crippen LogP contribution in [0.5, 0.6) is 0 Å². The van der Waals surface area contributed by atoms with Crippen LogP contribution in [0.25, 0.3) is 0 Å². The number of nitriles is 1. The normalized spacial score (nSPS) is 12.1. The van der Waals surface area contributed by atoms with E-state index in [1.807, 2.05) is 0 Å². The van der Waals surface area contributed by atoms with Gasteiger partial charge in [0, 0.05) is 10.9 Å². The molecule has 1 aromatic carbocycles. The Kier molecular flexibility index (Phi) is 4.16. The van der Waals surface area contributed by atoms with Gasteiger partial charge < -0.3 is 0 Å². The van der Waals surface area contributed by atoms with Crippen molar-refractivity contribution in [1.29, 1.82) is 5.26 Å². The molecule has 0 saturated heterocycles. The first-order chi connectivity index (χ1) is 6.66. The van der Waals surface area contributed by atoms with Crippen molar-refractivity contribution in [1.82, 2.24) is 0 Å². The van der Waals surface area contributed by atoms with Gasteiger partial charge in [0.1, 0.15) is 0 Å². The molecule has 0 amide bonds. The molecule has 0 aliphatic carbocycles. The Morgan fingerprint density at radius 1 is 1.50 bits per heavy atom. The maximum Gasteiger partial charge on any atom is 0.0621 e. The Labute approximate surface area is 93.9 Å². The molecule has 1 aromatic rings. The number of hydrogen-bond donors (Lipinski definition) is 0. The van der Waals surface area contributed by atoms with Gasteiger partial charge in [-0.05, 0) is 36.5 Å². The standard InChI is InChI=1S/C12H14BrN/c1-9(5-4-8-14)11-6-3-7-12(13)10(11)2/h3,6-7,9H,4-5H2,1-2H3. The second kappa shape index (κ2) is 5.17. The summed E-state index contributed by atoms with van der Waals surface area (Å²) in [6, 6.07) is 8.43. The topological polar surface area (TPSA) is 23.8 Å². The van der Waals surface area contributed by atoms with E-state index in [0.29, 0.717) is 12.3 Å². The number of benzene rings is 1. The highest BCUT2D eigenvalue weighted by atomic mass is 79.9. The monoisotopic (exact) mass is 251 g/mol. The van der Waals surface area contributed by atoms with Gasteiger partial charge >= 0.3 is 0 Å². The lowest BCUT2D eigenvalue weighted by Crippen LogP contribution is -1.96. The van der Waals surface area contributed by atoms with Crippen LogP contribution in [0, 0.1) is 18.3 Å². The maximum absolute atomic E-state index is 8.53. The second-order valence-electron chi connectivity index (χ2n) is 3.55. The molecular weight excluding hydrogens is 238 g/mol. The molecule has 74 valence electrons. The van der Waals surface area contributed by atoms with Crippen molar-refractivity contribution in [2.45, 2.75) is 32.6 Å². The van der Waals surface area contributed by atoms with Crippen molar-refractivity contribution in [3.05, 3.63) is 33.8 Å². The number of halogens is 1. The second-order valence-corrected chi connectivity index (χ2v) is 4.41. The van der Waals surface area contributed by atoms with Crippen LogP contribution < -0.4 is 0 Å². The first kappa shape index (κ1) is 11.3. The van der Waals surface area contributed by atoms with Crippen molar-refractivity contribution in [3.63, 3.8) is 0 Å². The minimum absolute atomic E-state index is 0.465. The number of nitrogens with zero attached hydrogens (tertiary/aromatic N) is 1. The lowest BCUT2D eigenvalue weighted by Gasteiger charge is -2.13. The molecule has 0 spiro atoms. The largest absolute Gasteiger partial charge is 0.198 e. The van der Waals surface area contributed by atoms with E-state index in [9.17, 15) is 0 Å². The van der Waals surface area contributed by atoms with Crippen LogP contribution in [0.2, 0.25) is 0 Å². The molecule has 0 aliphatic rings. The fourth-order valence-corrected chi connectivity index (χ4v) is 1.98. The van der Waals surface area contributed by atoms with Crippen LogP contribution in [-0.4, -0.2) is 0 Å². The van der Waals surface area contributed by atoms with Gasteiger partial charge in [-0.1, -0.05) is 35.0 Å². The molecule has 14 heavy (non-hydrogen) atoms. The zero-order valence-electron chi connectivity index (χ0n) is 8.55. The van der Waals surface area contributed by atoms with Crippen LogP contribution in [0.3, 0.4) is 0 Å². The highest BCUT2D eigenvalue weighted by Crippen LogP contribution is 2.28. The van der Waals surface area contributed by atoms with Gasteiger partial charge in [0.15, 0.2) is 0 Å². The highest BCUT2D eigenvalue weighted by Gasteiger charge is 2.09. The first-order valence-electron chi connectivity index (χ1n) is 4.78. The fraction of sp³-hybridized carbons (Fsp3) is 0.417. The number of rotatable bonds is 3. The molecule has 0 N–H and O–H groups in total. The number of hydrogen-bond acceptors (Lipinski definition) is 1. The van der Waals surface area contributed by atoms with Crippen LogP contribution in [-0.2, 0) is 0 Å². The molecule has 0 fully saturated rings. The van der Waals surface area contributed by atoms with Gasteiger partial charge in [0.05, 0.1) is 6.07 Å². The van der Waals surface area contributed by atoms with Gasteiger partial charge in [0.2, 0.25) is 0 Å². The Balaban J connectivity index is 2.85. The Bertz CT molecular complexity index is 352. The summed E-state index contributed by atoms with van der Waals surface area (Å²) < 4.78 is 1.15. The van der Waals surface area contributed by atoms with E-state index in [4.69, 9.17) is 5.26 Å². The van der Waals surface area contributed by atoms with E-state index in [1.54, 1.807) is 0 Å². The third-order valence-corrected chi connectivity index (χ3v) is 3.39. The van der Waals surface area contributed by atoms with E-state index in [2.05, 4.69) is 54.0 Å². The van der Waals surface area contributed by atoms with Gasteiger partial charge in [-0.2, -0.15) is 5.26 Å². The van der Waals surface area contributed by atoms with Crippen LogP contribution in [0.15, 0.2) is 22.7 Å². The van der Waals surface area contributed by atoms with Crippen molar-refractivity contribution in [2.75, 3.05) is 0 Å². The van der Waals surface area contributed by atoms with E-state index in [1.165, 1.54) is 11.1 Å². The molecule has 0 aromatic heterocycles. The van der Waals surface area contributed by atoms with Crippen molar-refractivity contribution >= 4 is 15.9 Å². The van der Waals surface area contributed by atoms with Crippen molar-refractivity contribution in [2.24, 2.45) is 0 Å². The van der Waals surface area contributed by atoms with Crippen molar-refractivity contribution in [3.8, 4) is 6.07 Å². The predicted molar refractivity (Wildman–Crippen MR) is 62.1 cm³/mol. The molecule has 0 saturated carbocycles. The quantitative estimate of drug-likeness (QED) is 0.792. The van der Waals surface area contributed by atoms with Gasteiger partial charge in [0.25, 0.3) is 0 Å². The van der Waals surface area contributed by atoms with Crippen LogP contribution in [0.1, 0.15) is 36.8 Å². The van der Waals surface area contributed by atoms with E-state index >= 15 is 0 Å². The van der Waals surface area contributed by atoms with Gasteiger partial charge in [-0.25, -0.2) is 0 Å². The summed E-state index contributed by atoms with van der Waals surface area (Å²) >= 11 is 3.52. The fourth-order valence-electron chi connectivity index (χ4n) is 1.59. The highest BCUT2D eigenvalue weighted by molar-refractivity contribution is 9.10. The lowest BCUT2D eigenvalue weighted by atomic mass is 9.93. The molecule has 1 rings (SSSR count). The smallest absolute Gasteiger partial charge is 0.0621 e. The van der Waals surface area contributed by atoms with Gasteiger partial charge in [-0.3, -0.25) is 0 Å². The predicted octanol–water partition coefficient (Wildman–Crippen LogP) is 4.16. The minimum atomic E-state index is 0.465. The zero-order valence-corrected chi connectivity index (χ0v) is 10.1. The maximum atomic E-state index is 8.53. The Morgan fingerprint density at radius 2 is 2.21 bits per heavy atom. The first-order valence-corrected chi connectivity index (χ1v) is 5.58. The molecular formula is C12H14BrN. The van der Waals surface area contributed by atoms with Gasteiger partial charge in [-0.15, -0.1) is 0 Å². The molecule has 1 unspecified atom stereocenters. The molecule has 1 nitrogen and oxygen atoms in total. The molecule has 0 heterocycles. The average Bonchev–Trinajstić information content (AvgIpc) is 2.18. The molecule has 1 atom stereocenters. The Morgan fingerprint density at radius 3 is 2.86 bits per heavy atom. The van der Waals surface area contributed by atoms with E-state index in [0.717, 1.165) is 10.9 Å². The average molecular weight is 252 g/mol. The molecule has 0 radical (unpaired) electrons. The summed E-state index contributed by atoms with van der Waals surface area (Å²) in [6.07, 6.45) is 1.57. The SMILES string of the molecule is Cc1c(Br)cccc1C(C)CCC#N. The summed E-state index contributed by atoms with van der Waals surface area (Å²) in [5.74, 6) is 0.465. The summed E-state index contributed by atoms with van der Waals surface area (Å²) in [7, 11) is 0. The molecule has 0 bridgehead atoms. The van der Waals surface area contributed by atoms with E-state index < -0.39 is 0 Å². The minimum Gasteiger partial charge on any atom is -0.198 e. The lowest BCUT2D eigenvalue weighted by molar-refractivity contribution is 0.690. The summed E-state index contributed by atoms with van der Waals surface area (Å²) in [4.78, 5) is 0. The molecule has 0 aliphatic heterocycles. The Hall–Kier alpha value is -0.810. The van der Waals surface area contributed by atoms with Crippen molar-refractivity contribution < 1.29 is 0 Å². The van der Waals surface area contributed by atoms with Crippen LogP contribution >= 0.6 is 15.9 Å². The van der Waals surface area contributed by atoms with Crippen LogP contribution in [0.4, 0.5) is 0 Å².